The van der Waals surface area contributed by atoms with Gasteiger partial charge in [0.25, 0.3) is 0 Å². The van der Waals surface area contributed by atoms with E-state index in [1.165, 1.54) is 11.1 Å². The van der Waals surface area contributed by atoms with E-state index in [1.54, 1.807) is 7.11 Å². The fraction of sp³-hybridized carbons (Fsp3) is 0.409. The molecule has 0 amide bonds. The Labute approximate surface area is 162 Å². The average molecular weight is 364 g/mol. The van der Waals surface area contributed by atoms with Gasteiger partial charge < -0.3 is 10.1 Å². The summed E-state index contributed by atoms with van der Waals surface area (Å²) >= 11 is 0. The zero-order chi connectivity index (χ0) is 18.9. The molecule has 2 aromatic rings. The number of piperazine rings is 1. The number of hydrogen-bond donors (Lipinski definition) is 1. The maximum absolute atomic E-state index is 8.69. The van der Waals surface area contributed by atoms with Gasteiger partial charge in [-0.3, -0.25) is 9.80 Å². The minimum Gasteiger partial charge on any atom is -0.497 e. The van der Waals surface area contributed by atoms with E-state index in [2.05, 4.69) is 57.6 Å². The molecule has 3 rings (SSSR count). The summed E-state index contributed by atoms with van der Waals surface area (Å²) in [5.41, 5.74) is 3.71. The highest BCUT2D eigenvalue weighted by atomic mass is 16.5. The molecule has 0 spiro atoms. The first-order valence-corrected chi connectivity index (χ1v) is 9.54. The van der Waals surface area contributed by atoms with Crippen LogP contribution in [0.3, 0.4) is 0 Å². The van der Waals surface area contributed by atoms with Crippen molar-refractivity contribution >= 4 is 5.69 Å². The van der Waals surface area contributed by atoms with E-state index in [1.807, 2.05) is 12.1 Å². The Kier molecular flexibility index (Phi) is 7.09. The monoisotopic (exact) mass is 364 g/mol. The Morgan fingerprint density at radius 1 is 0.926 bits per heavy atom. The van der Waals surface area contributed by atoms with Crippen LogP contribution in [0.15, 0.2) is 48.5 Å². The fourth-order valence-electron chi connectivity index (χ4n) is 3.31. The van der Waals surface area contributed by atoms with Crippen molar-refractivity contribution in [2.24, 2.45) is 0 Å². The molecule has 0 atom stereocenters. The summed E-state index contributed by atoms with van der Waals surface area (Å²) in [6, 6.07) is 19.1. The third-order valence-corrected chi connectivity index (χ3v) is 5.02. The molecule has 0 aliphatic carbocycles. The van der Waals surface area contributed by atoms with Crippen molar-refractivity contribution in [1.82, 2.24) is 9.80 Å². The van der Waals surface area contributed by atoms with Crippen LogP contribution in [0, 0.1) is 11.3 Å². The molecule has 5 heteroatoms. The van der Waals surface area contributed by atoms with Crippen LogP contribution in [0.2, 0.25) is 0 Å². The Hall–Kier alpha value is -2.55. The van der Waals surface area contributed by atoms with Crippen LogP contribution < -0.4 is 10.1 Å². The van der Waals surface area contributed by atoms with Crippen molar-refractivity contribution in [2.75, 3.05) is 45.2 Å². The van der Waals surface area contributed by atoms with Gasteiger partial charge in [0, 0.05) is 57.9 Å². The molecule has 1 heterocycles. The first-order chi connectivity index (χ1) is 13.3. The first kappa shape index (κ1) is 19.2. The second-order valence-corrected chi connectivity index (χ2v) is 6.92. The van der Waals surface area contributed by atoms with Gasteiger partial charge >= 0.3 is 0 Å². The number of nitrogens with zero attached hydrogens (tertiary/aromatic N) is 3. The third kappa shape index (κ3) is 5.99. The number of hydrogen-bond acceptors (Lipinski definition) is 5. The number of nitrogens with one attached hydrogen (secondary N) is 1. The lowest BCUT2D eigenvalue weighted by molar-refractivity contribution is 0.129. The summed E-state index contributed by atoms with van der Waals surface area (Å²) < 4.78 is 5.19. The summed E-state index contributed by atoms with van der Waals surface area (Å²) in [6.45, 7) is 6.95. The van der Waals surface area contributed by atoms with E-state index in [4.69, 9.17) is 10.00 Å². The fourth-order valence-corrected chi connectivity index (χ4v) is 3.31. The zero-order valence-corrected chi connectivity index (χ0v) is 16.0. The number of ether oxygens (including phenoxy) is 1. The van der Waals surface area contributed by atoms with E-state index < -0.39 is 0 Å². The Bertz CT molecular complexity index is 728. The largest absolute Gasteiger partial charge is 0.497 e. The Morgan fingerprint density at radius 2 is 1.56 bits per heavy atom. The second kappa shape index (κ2) is 9.96. The quantitative estimate of drug-likeness (QED) is 0.779. The van der Waals surface area contributed by atoms with Crippen LogP contribution in [-0.2, 0) is 13.1 Å². The van der Waals surface area contributed by atoms with Crippen molar-refractivity contribution in [3.63, 3.8) is 0 Å². The molecule has 0 unspecified atom stereocenters. The van der Waals surface area contributed by atoms with Crippen LogP contribution in [0.4, 0.5) is 5.69 Å². The molecule has 0 aromatic heterocycles. The van der Waals surface area contributed by atoms with Gasteiger partial charge in [0.15, 0.2) is 0 Å². The van der Waals surface area contributed by atoms with Crippen LogP contribution >= 0.6 is 0 Å². The van der Waals surface area contributed by atoms with Gasteiger partial charge in [-0.15, -0.1) is 0 Å². The predicted molar refractivity (Wildman–Crippen MR) is 109 cm³/mol. The van der Waals surface area contributed by atoms with Crippen LogP contribution in [-0.4, -0.2) is 49.6 Å². The second-order valence-electron chi connectivity index (χ2n) is 6.92. The molecule has 2 aromatic carbocycles. The summed E-state index contributed by atoms with van der Waals surface area (Å²) in [5, 5.41) is 12.2. The molecular weight excluding hydrogens is 336 g/mol. The number of methoxy groups -OCH3 is 1. The maximum Gasteiger partial charge on any atom is 0.118 e. The number of nitriles is 1. The normalized spacial score (nSPS) is 15.3. The van der Waals surface area contributed by atoms with Crippen LogP contribution in [0.5, 0.6) is 5.75 Å². The van der Waals surface area contributed by atoms with Gasteiger partial charge in [-0.2, -0.15) is 5.26 Å². The topological polar surface area (TPSA) is 51.5 Å². The first-order valence-electron chi connectivity index (χ1n) is 9.54. The van der Waals surface area contributed by atoms with E-state index in [9.17, 15) is 0 Å². The van der Waals surface area contributed by atoms with Crippen molar-refractivity contribution in [1.29, 1.82) is 5.26 Å². The summed E-state index contributed by atoms with van der Waals surface area (Å²) in [6.07, 6.45) is 0.630. The molecule has 0 saturated carbocycles. The van der Waals surface area contributed by atoms with Gasteiger partial charge in [-0.05, 0) is 35.4 Å². The van der Waals surface area contributed by atoms with Crippen molar-refractivity contribution in [3.8, 4) is 11.8 Å². The third-order valence-electron chi connectivity index (χ3n) is 5.02. The smallest absolute Gasteiger partial charge is 0.118 e. The minimum atomic E-state index is 0.630. The molecule has 5 nitrogen and oxygen atoms in total. The van der Waals surface area contributed by atoms with Crippen LogP contribution in [0.1, 0.15) is 17.5 Å². The van der Waals surface area contributed by atoms with Crippen molar-refractivity contribution in [3.05, 3.63) is 59.7 Å². The highest BCUT2D eigenvalue weighted by Gasteiger charge is 2.16. The molecule has 1 aliphatic rings. The number of rotatable bonds is 8. The summed E-state index contributed by atoms with van der Waals surface area (Å²) in [5.74, 6) is 0.883. The maximum atomic E-state index is 8.69. The standard InChI is InChI=1S/C22H28N4O/c1-27-22-9-5-19(6-10-22)17-24-21-7-3-20(4-8-21)18-26-15-13-25(14-16-26)12-2-11-23/h3-10,24H,2,12-18H2,1H3. The van der Waals surface area contributed by atoms with E-state index in [-0.39, 0.29) is 0 Å². The Morgan fingerprint density at radius 3 is 2.19 bits per heavy atom. The lowest BCUT2D eigenvalue weighted by Crippen LogP contribution is -2.46. The SMILES string of the molecule is COc1ccc(CNc2ccc(CN3CCN(CCC#N)CC3)cc2)cc1. The summed E-state index contributed by atoms with van der Waals surface area (Å²) in [4.78, 5) is 4.87. The molecule has 142 valence electrons. The molecule has 1 N–H and O–H groups in total. The van der Waals surface area contributed by atoms with Gasteiger partial charge in [-0.1, -0.05) is 24.3 Å². The van der Waals surface area contributed by atoms with Gasteiger partial charge in [-0.25, -0.2) is 0 Å². The van der Waals surface area contributed by atoms with Crippen molar-refractivity contribution in [2.45, 2.75) is 19.5 Å². The molecule has 1 aliphatic heterocycles. The minimum absolute atomic E-state index is 0.630. The predicted octanol–water partition coefficient (Wildman–Crippen LogP) is 3.34. The van der Waals surface area contributed by atoms with Crippen LogP contribution in [0.25, 0.3) is 0 Å². The number of benzene rings is 2. The Balaban J connectivity index is 1.43. The number of anilines is 1. The molecule has 0 bridgehead atoms. The summed E-state index contributed by atoms with van der Waals surface area (Å²) in [7, 11) is 1.68. The zero-order valence-electron chi connectivity index (χ0n) is 16.0. The lowest BCUT2D eigenvalue weighted by atomic mass is 10.1. The van der Waals surface area contributed by atoms with Gasteiger partial charge in [0.2, 0.25) is 0 Å². The lowest BCUT2D eigenvalue weighted by Gasteiger charge is -2.34. The van der Waals surface area contributed by atoms with Gasteiger partial charge in [0.05, 0.1) is 13.2 Å². The highest BCUT2D eigenvalue weighted by Crippen LogP contribution is 2.16. The average Bonchev–Trinajstić information content (AvgIpc) is 2.73. The van der Waals surface area contributed by atoms with Gasteiger partial charge in [0.1, 0.15) is 5.75 Å². The molecule has 1 fully saturated rings. The molecular formula is C22H28N4O. The molecule has 27 heavy (non-hydrogen) atoms. The van der Waals surface area contributed by atoms with E-state index in [0.29, 0.717) is 6.42 Å². The van der Waals surface area contributed by atoms with E-state index >= 15 is 0 Å². The molecule has 0 radical (unpaired) electrons. The van der Waals surface area contributed by atoms with Crippen molar-refractivity contribution < 1.29 is 4.74 Å². The highest BCUT2D eigenvalue weighted by molar-refractivity contribution is 5.45. The van der Waals surface area contributed by atoms with E-state index in [0.717, 1.165) is 57.3 Å². The molecule has 1 saturated heterocycles.